The molecule has 0 aliphatic carbocycles. The Bertz CT molecular complexity index is 814. The Morgan fingerprint density at radius 2 is 1.62 bits per heavy atom. The van der Waals surface area contributed by atoms with Gasteiger partial charge in [0.25, 0.3) is 5.91 Å². The fraction of sp³-hybridized carbons (Fsp3) is 0.263. The summed E-state index contributed by atoms with van der Waals surface area (Å²) in [7, 11) is 0. The molecule has 1 atom stereocenters. The molecule has 2 aromatic rings. The standard InChI is InChI=1S/C19H18F3NO3/c1-11-4-5-14(10-12(11)2)18(25)26-13(3)17(24)23-16-8-6-15(7-9-16)19(20,21)22/h4-10,13H,1-3H3,(H,23,24)/t13-/m1/s1. The molecule has 2 rings (SSSR count). The number of hydrogen-bond acceptors (Lipinski definition) is 3. The van der Waals surface area contributed by atoms with E-state index in [-0.39, 0.29) is 5.69 Å². The number of carbonyl (C=O) groups is 2. The number of halogens is 3. The number of carbonyl (C=O) groups excluding carboxylic acids is 2. The van der Waals surface area contributed by atoms with Gasteiger partial charge in [0.2, 0.25) is 0 Å². The predicted molar refractivity (Wildman–Crippen MR) is 90.9 cm³/mol. The van der Waals surface area contributed by atoms with Crippen LogP contribution in [0, 0.1) is 13.8 Å². The minimum Gasteiger partial charge on any atom is -0.449 e. The zero-order valence-corrected chi connectivity index (χ0v) is 14.5. The molecule has 0 heterocycles. The van der Waals surface area contributed by atoms with Crippen LogP contribution in [0.5, 0.6) is 0 Å². The molecule has 0 fully saturated rings. The Labute approximate surface area is 149 Å². The quantitative estimate of drug-likeness (QED) is 0.812. The van der Waals surface area contributed by atoms with Crippen molar-refractivity contribution in [3.05, 3.63) is 64.7 Å². The van der Waals surface area contributed by atoms with Crippen LogP contribution in [-0.4, -0.2) is 18.0 Å². The van der Waals surface area contributed by atoms with E-state index in [1.165, 1.54) is 6.92 Å². The third-order valence-electron chi connectivity index (χ3n) is 3.88. The number of benzene rings is 2. The van der Waals surface area contributed by atoms with E-state index in [0.29, 0.717) is 5.56 Å². The molecule has 0 aromatic heterocycles. The summed E-state index contributed by atoms with van der Waals surface area (Å²) < 4.78 is 42.7. The van der Waals surface area contributed by atoms with E-state index in [9.17, 15) is 22.8 Å². The van der Waals surface area contributed by atoms with Crippen molar-refractivity contribution in [2.75, 3.05) is 5.32 Å². The van der Waals surface area contributed by atoms with Crippen LogP contribution in [-0.2, 0) is 15.7 Å². The summed E-state index contributed by atoms with van der Waals surface area (Å²) in [5.41, 5.74) is 1.63. The van der Waals surface area contributed by atoms with Crippen molar-refractivity contribution >= 4 is 17.6 Å². The van der Waals surface area contributed by atoms with E-state index < -0.39 is 29.7 Å². The first kappa shape index (κ1) is 19.5. The van der Waals surface area contributed by atoms with Crippen LogP contribution >= 0.6 is 0 Å². The normalized spacial score (nSPS) is 12.4. The second-order valence-corrected chi connectivity index (χ2v) is 5.91. The molecular weight excluding hydrogens is 347 g/mol. The fourth-order valence-electron chi connectivity index (χ4n) is 2.14. The molecule has 2 aromatic carbocycles. The summed E-state index contributed by atoms with van der Waals surface area (Å²) in [6.45, 7) is 5.15. The third-order valence-corrected chi connectivity index (χ3v) is 3.88. The van der Waals surface area contributed by atoms with Gasteiger partial charge in [-0.05, 0) is 68.3 Å². The largest absolute Gasteiger partial charge is 0.449 e. The van der Waals surface area contributed by atoms with Gasteiger partial charge in [0, 0.05) is 5.69 Å². The van der Waals surface area contributed by atoms with Crippen LogP contribution in [0.4, 0.5) is 18.9 Å². The van der Waals surface area contributed by atoms with Crippen LogP contribution in [0.2, 0.25) is 0 Å². The zero-order chi connectivity index (χ0) is 19.5. The molecule has 0 aliphatic heterocycles. The Balaban J connectivity index is 1.98. The molecule has 1 N–H and O–H groups in total. The summed E-state index contributed by atoms with van der Waals surface area (Å²) in [5, 5.41) is 2.41. The van der Waals surface area contributed by atoms with E-state index in [0.717, 1.165) is 35.4 Å². The highest BCUT2D eigenvalue weighted by molar-refractivity contribution is 5.97. The number of hydrogen-bond donors (Lipinski definition) is 1. The van der Waals surface area contributed by atoms with E-state index in [1.54, 1.807) is 18.2 Å². The Hall–Kier alpha value is -2.83. The van der Waals surface area contributed by atoms with Crippen LogP contribution in [0.15, 0.2) is 42.5 Å². The van der Waals surface area contributed by atoms with Crippen LogP contribution in [0.1, 0.15) is 34.0 Å². The van der Waals surface area contributed by atoms with E-state index in [1.807, 2.05) is 13.8 Å². The number of alkyl halides is 3. The van der Waals surface area contributed by atoms with Crippen molar-refractivity contribution in [1.82, 2.24) is 0 Å². The number of esters is 1. The fourth-order valence-corrected chi connectivity index (χ4v) is 2.14. The Kier molecular flexibility index (Phi) is 5.69. The minimum atomic E-state index is -4.45. The SMILES string of the molecule is Cc1ccc(C(=O)O[C@H](C)C(=O)Nc2ccc(C(F)(F)F)cc2)cc1C. The average molecular weight is 365 g/mol. The van der Waals surface area contributed by atoms with Gasteiger partial charge in [0.05, 0.1) is 11.1 Å². The van der Waals surface area contributed by atoms with Gasteiger partial charge in [-0.25, -0.2) is 4.79 Å². The van der Waals surface area contributed by atoms with Crippen LogP contribution in [0.3, 0.4) is 0 Å². The molecule has 0 saturated heterocycles. The lowest BCUT2D eigenvalue weighted by Crippen LogP contribution is -2.30. The third kappa shape index (κ3) is 4.84. The molecule has 138 valence electrons. The highest BCUT2D eigenvalue weighted by Crippen LogP contribution is 2.29. The lowest BCUT2D eigenvalue weighted by molar-refractivity contribution is -0.137. The molecule has 0 aliphatic rings. The van der Waals surface area contributed by atoms with Crippen molar-refractivity contribution in [2.45, 2.75) is 33.1 Å². The average Bonchev–Trinajstić information content (AvgIpc) is 2.56. The van der Waals surface area contributed by atoms with Gasteiger partial charge in [0.1, 0.15) is 0 Å². The zero-order valence-electron chi connectivity index (χ0n) is 14.5. The van der Waals surface area contributed by atoms with Crippen molar-refractivity contribution in [2.24, 2.45) is 0 Å². The maximum absolute atomic E-state index is 12.5. The number of amides is 1. The van der Waals surface area contributed by atoms with E-state index >= 15 is 0 Å². The van der Waals surface area contributed by atoms with Crippen molar-refractivity contribution in [3.63, 3.8) is 0 Å². The molecule has 0 radical (unpaired) electrons. The van der Waals surface area contributed by atoms with Crippen LogP contribution in [0.25, 0.3) is 0 Å². The summed E-state index contributed by atoms with van der Waals surface area (Å²) in [6, 6.07) is 9.04. The second kappa shape index (κ2) is 7.59. The topological polar surface area (TPSA) is 55.4 Å². The van der Waals surface area contributed by atoms with E-state index in [2.05, 4.69) is 5.32 Å². The molecule has 0 saturated carbocycles. The van der Waals surface area contributed by atoms with E-state index in [4.69, 9.17) is 4.74 Å². The van der Waals surface area contributed by atoms with Gasteiger partial charge >= 0.3 is 12.1 Å². The maximum atomic E-state index is 12.5. The summed E-state index contributed by atoms with van der Waals surface area (Å²) >= 11 is 0. The molecule has 0 bridgehead atoms. The first-order valence-corrected chi connectivity index (χ1v) is 7.84. The maximum Gasteiger partial charge on any atom is 0.416 e. The number of aryl methyl sites for hydroxylation is 2. The summed E-state index contributed by atoms with van der Waals surface area (Å²) in [4.78, 5) is 24.2. The first-order chi connectivity index (χ1) is 12.1. The molecule has 7 heteroatoms. The Morgan fingerprint density at radius 1 is 1.00 bits per heavy atom. The highest BCUT2D eigenvalue weighted by atomic mass is 19.4. The molecule has 26 heavy (non-hydrogen) atoms. The Morgan fingerprint density at radius 3 is 2.15 bits per heavy atom. The second-order valence-electron chi connectivity index (χ2n) is 5.91. The van der Waals surface area contributed by atoms with Crippen molar-refractivity contribution < 1.29 is 27.5 Å². The van der Waals surface area contributed by atoms with Crippen molar-refractivity contribution in [1.29, 1.82) is 0 Å². The predicted octanol–water partition coefficient (Wildman–Crippen LogP) is 4.51. The minimum absolute atomic E-state index is 0.178. The smallest absolute Gasteiger partial charge is 0.416 e. The first-order valence-electron chi connectivity index (χ1n) is 7.84. The highest BCUT2D eigenvalue weighted by Gasteiger charge is 2.30. The summed E-state index contributed by atoms with van der Waals surface area (Å²) in [6.07, 6.45) is -5.55. The lowest BCUT2D eigenvalue weighted by Gasteiger charge is -2.14. The lowest BCUT2D eigenvalue weighted by atomic mass is 10.1. The van der Waals surface area contributed by atoms with Gasteiger partial charge in [-0.2, -0.15) is 13.2 Å². The molecule has 0 unspecified atom stereocenters. The number of ether oxygens (including phenoxy) is 1. The number of nitrogens with one attached hydrogen (secondary N) is 1. The molecule has 1 amide bonds. The van der Waals surface area contributed by atoms with Gasteiger partial charge in [0.15, 0.2) is 6.10 Å². The number of anilines is 1. The summed E-state index contributed by atoms with van der Waals surface area (Å²) in [5.74, 6) is -1.29. The van der Waals surface area contributed by atoms with Gasteiger partial charge in [-0.15, -0.1) is 0 Å². The van der Waals surface area contributed by atoms with Gasteiger partial charge < -0.3 is 10.1 Å². The monoisotopic (exact) mass is 365 g/mol. The van der Waals surface area contributed by atoms with Gasteiger partial charge in [-0.1, -0.05) is 6.07 Å². The molecule has 4 nitrogen and oxygen atoms in total. The van der Waals surface area contributed by atoms with Gasteiger partial charge in [-0.3, -0.25) is 4.79 Å². The van der Waals surface area contributed by atoms with Crippen LogP contribution < -0.4 is 5.32 Å². The molecular formula is C19H18F3NO3. The number of rotatable bonds is 4. The molecule has 0 spiro atoms. The van der Waals surface area contributed by atoms with Crippen molar-refractivity contribution in [3.8, 4) is 0 Å².